The molecule has 7 nitrogen and oxygen atoms in total. The van der Waals surface area contributed by atoms with Gasteiger partial charge in [0.2, 0.25) is 0 Å². The van der Waals surface area contributed by atoms with Crippen LogP contribution >= 0.6 is 0 Å². The van der Waals surface area contributed by atoms with E-state index >= 15 is 0 Å². The minimum atomic E-state index is -3.93. The molecule has 0 aliphatic rings. The molecule has 0 unspecified atom stereocenters. The number of esters is 1. The Bertz CT molecular complexity index is 847. The van der Waals surface area contributed by atoms with Crippen LogP contribution in [-0.4, -0.2) is 35.7 Å². The first kappa shape index (κ1) is 17.6. The first-order chi connectivity index (χ1) is 11.4. The highest BCUT2D eigenvalue weighted by atomic mass is 32.2. The molecule has 24 heavy (non-hydrogen) atoms. The second-order valence-electron chi connectivity index (χ2n) is 4.66. The number of sulfonamides is 1. The van der Waals surface area contributed by atoms with Gasteiger partial charge in [0.15, 0.2) is 11.5 Å². The number of benzene rings is 2. The Balaban J connectivity index is 2.41. The van der Waals surface area contributed by atoms with Crippen LogP contribution < -0.4 is 14.2 Å². The van der Waals surface area contributed by atoms with E-state index in [1.807, 2.05) is 0 Å². The third kappa shape index (κ3) is 3.60. The van der Waals surface area contributed by atoms with Gasteiger partial charge in [-0.05, 0) is 24.3 Å². The van der Waals surface area contributed by atoms with Crippen LogP contribution in [0.4, 0.5) is 5.69 Å². The zero-order valence-corrected chi connectivity index (χ0v) is 14.2. The zero-order valence-electron chi connectivity index (χ0n) is 13.4. The summed E-state index contributed by atoms with van der Waals surface area (Å²) in [6.07, 6.45) is 0. The van der Waals surface area contributed by atoms with E-state index in [1.54, 1.807) is 12.1 Å². The average molecular weight is 351 g/mol. The lowest BCUT2D eigenvalue weighted by atomic mass is 10.2. The van der Waals surface area contributed by atoms with Crippen molar-refractivity contribution < 1.29 is 27.4 Å². The summed E-state index contributed by atoms with van der Waals surface area (Å²) in [6, 6.07) is 10.4. The summed E-state index contributed by atoms with van der Waals surface area (Å²) in [5.41, 5.74) is 0.239. The molecule has 0 spiro atoms. The molecule has 0 aromatic heterocycles. The fourth-order valence-electron chi connectivity index (χ4n) is 2.05. The second kappa shape index (κ2) is 7.22. The predicted octanol–water partition coefficient (Wildman–Crippen LogP) is 2.29. The minimum Gasteiger partial charge on any atom is -0.493 e. The Morgan fingerprint density at radius 2 is 1.62 bits per heavy atom. The summed E-state index contributed by atoms with van der Waals surface area (Å²) >= 11 is 0. The van der Waals surface area contributed by atoms with Crippen molar-refractivity contribution in [1.82, 2.24) is 0 Å². The van der Waals surface area contributed by atoms with E-state index in [9.17, 15) is 13.2 Å². The summed E-state index contributed by atoms with van der Waals surface area (Å²) in [6.45, 7) is 0. The maximum Gasteiger partial charge on any atom is 0.339 e. The fraction of sp³-hybridized carbons (Fsp3) is 0.188. The highest BCUT2D eigenvalue weighted by Gasteiger charge is 2.20. The monoisotopic (exact) mass is 351 g/mol. The Labute approximate surface area is 140 Å². The van der Waals surface area contributed by atoms with Gasteiger partial charge in [0.05, 0.1) is 37.5 Å². The number of anilines is 1. The molecule has 2 aromatic carbocycles. The molecular formula is C16H17NO6S. The minimum absolute atomic E-state index is 0.0279. The summed E-state index contributed by atoms with van der Waals surface area (Å²) < 4.78 is 42.4. The van der Waals surface area contributed by atoms with Gasteiger partial charge in [0.25, 0.3) is 10.0 Å². The van der Waals surface area contributed by atoms with E-state index in [4.69, 9.17) is 9.47 Å². The van der Waals surface area contributed by atoms with Gasteiger partial charge in [-0.3, -0.25) is 4.72 Å². The zero-order chi connectivity index (χ0) is 17.7. The van der Waals surface area contributed by atoms with Gasteiger partial charge in [-0.15, -0.1) is 0 Å². The number of nitrogens with one attached hydrogen (secondary N) is 1. The summed E-state index contributed by atoms with van der Waals surface area (Å²) in [4.78, 5) is 11.7. The quantitative estimate of drug-likeness (QED) is 0.803. The number of carbonyl (C=O) groups is 1. The van der Waals surface area contributed by atoms with Crippen molar-refractivity contribution in [3.63, 3.8) is 0 Å². The molecule has 0 atom stereocenters. The summed E-state index contributed by atoms with van der Waals surface area (Å²) in [7, 11) is 0.162. The molecule has 0 aliphatic heterocycles. The Morgan fingerprint density at radius 3 is 2.25 bits per heavy atom. The second-order valence-corrected chi connectivity index (χ2v) is 6.34. The van der Waals surface area contributed by atoms with Gasteiger partial charge < -0.3 is 14.2 Å². The van der Waals surface area contributed by atoms with Crippen molar-refractivity contribution in [2.75, 3.05) is 26.1 Å². The Morgan fingerprint density at radius 1 is 0.958 bits per heavy atom. The number of hydrogen-bond acceptors (Lipinski definition) is 6. The van der Waals surface area contributed by atoms with E-state index in [2.05, 4.69) is 9.46 Å². The van der Waals surface area contributed by atoms with Crippen LogP contribution in [0.5, 0.6) is 11.5 Å². The van der Waals surface area contributed by atoms with Crippen molar-refractivity contribution in [2.45, 2.75) is 4.90 Å². The SMILES string of the molecule is COC(=O)c1ccccc1NS(=O)(=O)c1ccc(OC)c(OC)c1. The molecule has 128 valence electrons. The van der Waals surface area contributed by atoms with Crippen LogP contribution in [0.3, 0.4) is 0 Å². The topological polar surface area (TPSA) is 90.9 Å². The van der Waals surface area contributed by atoms with Crippen LogP contribution in [0.15, 0.2) is 47.4 Å². The molecule has 0 amide bonds. The van der Waals surface area contributed by atoms with Crippen LogP contribution in [0, 0.1) is 0 Å². The van der Waals surface area contributed by atoms with Crippen molar-refractivity contribution >= 4 is 21.7 Å². The summed E-state index contributed by atoms with van der Waals surface area (Å²) in [5.74, 6) is 0.0497. The number of hydrogen-bond donors (Lipinski definition) is 1. The number of ether oxygens (including phenoxy) is 3. The summed E-state index contributed by atoms with van der Waals surface area (Å²) in [5, 5.41) is 0. The van der Waals surface area contributed by atoms with E-state index in [-0.39, 0.29) is 21.9 Å². The van der Waals surface area contributed by atoms with E-state index in [0.717, 1.165) is 0 Å². The van der Waals surface area contributed by atoms with E-state index < -0.39 is 16.0 Å². The lowest BCUT2D eigenvalue weighted by Crippen LogP contribution is -2.16. The molecule has 0 aliphatic carbocycles. The number of para-hydroxylation sites is 1. The van der Waals surface area contributed by atoms with Crippen molar-refractivity contribution in [2.24, 2.45) is 0 Å². The van der Waals surface area contributed by atoms with Gasteiger partial charge in [-0.1, -0.05) is 12.1 Å². The maximum absolute atomic E-state index is 12.6. The van der Waals surface area contributed by atoms with Gasteiger partial charge in [-0.25, -0.2) is 13.2 Å². The maximum atomic E-state index is 12.6. The first-order valence-corrected chi connectivity index (χ1v) is 8.33. The smallest absolute Gasteiger partial charge is 0.339 e. The van der Waals surface area contributed by atoms with Crippen molar-refractivity contribution in [1.29, 1.82) is 0 Å². The van der Waals surface area contributed by atoms with Crippen LogP contribution in [0.1, 0.15) is 10.4 Å². The first-order valence-electron chi connectivity index (χ1n) is 6.85. The van der Waals surface area contributed by atoms with Gasteiger partial charge in [-0.2, -0.15) is 0 Å². The third-order valence-electron chi connectivity index (χ3n) is 3.24. The fourth-order valence-corrected chi connectivity index (χ4v) is 3.14. The molecule has 0 heterocycles. The average Bonchev–Trinajstić information content (AvgIpc) is 2.60. The molecule has 0 fully saturated rings. The van der Waals surface area contributed by atoms with Gasteiger partial charge in [0, 0.05) is 6.07 Å². The highest BCUT2D eigenvalue weighted by Crippen LogP contribution is 2.30. The lowest BCUT2D eigenvalue weighted by Gasteiger charge is -2.13. The predicted molar refractivity (Wildman–Crippen MR) is 88.1 cm³/mol. The van der Waals surface area contributed by atoms with E-state index in [1.165, 1.54) is 51.7 Å². The standard InChI is InChI=1S/C16H17NO6S/c1-21-14-9-8-11(10-15(14)22-2)24(19,20)17-13-7-5-4-6-12(13)16(18)23-3/h4-10,17H,1-3H3. The molecular weight excluding hydrogens is 334 g/mol. The highest BCUT2D eigenvalue weighted by molar-refractivity contribution is 7.92. The number of carbonyl (C=O) groups excluding carboxylic acids is 1. The van der Waals surface area contributed by atoms with E-state index in [0.29, 0.717) is 5.75 Å². The van der Waals surface area contributed by atoms with Crippen molar-refractivity contribution in [3.8, 4) is 11.5 Å². The molecule has 0 saturated heterocycles. The molecule has 2 aromatic rings. The normalized spacial score (nSPS) is 10.8. The molecule has 2 rings (SSSR count). The van der Waals surface area contributed by atoms with Crippen LogP contribution in [0.2, 0.25) is 0 Å². The molecule has 0 saturated carbocycles. The Kier molecular flexibility index (Phi) is 5.30. The number of methoxy groups -OCH3 is 3. The molecule has 0 radical (unpaired) electrons. The van der Waals surface area contributed by atoms with Crippen LogP contribution in [0.25, 0.3) is 0 Å². The van der Waals surface area contributed by atoms with Crippen molar-refractivity contribution in [3.05, 3.63) is 48.0 Å². The third-order valence-corrected chi connectivity index (χ3v) is 4.61. The molecule has 8 heteroatoms. The van der Waals surface area contributed by atoms with Gasteiger partial charge in [0.1, 0.15) is 0 Å². The number of rotatable bonds is 6. The molecule has 0 bridgehead atoms. The largest absolute Gasteiger partial charge is 0.493 e. The van der Waals surface area contributed by atoms with Crippen LogP contribution in [-0.2, 0) is 14.8 Å². The molecule has 1 N–H and O–H groups in total. The van der Waals surface area contributed by atoms with Gasteiger partial charge >= 0.3 is 5.97 Å². The lowest BCUT2D eigenvalue weighted by molar-refractivity contribution is 0.0602. The Hall–Kier alpha value is -2.74.